The quantitative estimate of drug-likeness (QED) is 0.373. The van der Waals surface area contributed by atoms with Gasteiger partial charge in [0.1, 0.15) is 30.5 Å². The van der Waals surface area contributed by atoms with Gasteiger partial charge in [-0.2, -0.15) is 0 Å². The Balaban J connectivity index is 1.90. The van der Waals surface area contributed by atoms with Gasteiger partial charge in [-0.05, 0) is 61.5 Å². The lowest BCUT2D eigenvalue weighted by atomic mass is 10.1. The highest BCUT2D eigenvalue weighted by Crippen LogP contribution is 2.20. The Morgan fingerprint density at radius 2 is 1.47 bits per heavy atom. The van der Waals surface area contributed by atoms with Crippen LogP contribution in [0.3, 0.4) is 0 Å². The van der Waals surface area contributed by atoms with Crippen molar-refractivity contribution in [2.24, 2.45) is 0 Å². The molecule has 0 bridgehead atoms. The lowest BCUT2D eigenvalue weighted by molar-refractivity contribution is -0.548. The van der Waals surface area contributed by atoms with Crippen molar-refractivity contribution in [3.05, 3.63) is 77.9 Å². The van der Waals surface area contributed by atoms with Gasteiger partial charge in [-0.25, -0.2) is 4.58 Å². The Labute approximate surface area is 178 Å². The number of hydrogen-bond donors (Lipinski definition) is 0. The fourth-order valence-corrected chi connectivity index (χ4v) is 3.32. The molecule has 0 amide bonds. The normalized spacial score (nSPS) is 14.6. The maximum absolute atomic E-state index is 5.87. The highest BCUT2D eigenvalue weighted by Gasteiger charge is 2.18. The zero-order valence-corrected chi connectivity index (χ0v) is 18.0. The van der Waals surface area contributed by atoms with Crippen molar-refractivity contribution in [2.75, 3.05) is 47.1 Å². The summed E-state index contributed by atoms with van der Waals surface area (Å²) in [6, 6.07) is 16.0. The molecule has 1 fully saturated rings. The largest absolute Gasteiger partial charge is 0.497 e. The molecular weight excluding hydrogens is 378 g/mol. The first kappa shape index (κ1) is 21.7. The molecule has 1 saturated heterocycles. The lowest BCUT2D eigenvalue weighted by Gasteiger charge is -2.14. The summed E-state index contributed by atoms with van der Waals surface area (Å²) < 4.78 is 24.3. The molecule has 0 N–H and O–H groups in total. The molecule has 30 heavy (non-hydrogen) atoms. The Hall–Kier alpha value is -3.05. The molecule has 0 spiro atoms. The average molecular weight is 409 g/mol. The average Bonchev–Trinajstić information content (AvgIpc) is 2.82. The summed E-state index contributed by atoms with van der Waals surface area (Å²) in [7, 11) is 3.35. The molecule has 1 aliphatic rings. The number of methoxy groups -OCH3 is 2. The van der Waals surface area contributed by atoms with Crippen LogP contribution in [-0.2, 0) is 9.47 Å². The van der Waals surface area contributed by atoms with E-state index in [2.05, 4.69) is 22.8 Å². The van der Waals surface area contributed by atoms with Crippen LogP contribution in [0.15, 0.2) is 66.8 Å². The van der Waals surface area contributed by atoms with E-state index in [1.54, 1.807) is 14.2 Å². The Morgan fingerprint density at radius 1 is 0.900 bits per heavy atom. The second-order valence-electron chi connectivity index (χ2n) is 6.76. The molecule has 1 aliphatic heterocycles. The molecule has 0 saturated carbocycles. The first-order valence-corrected chi connectivity index (χ1v) is 10.2. The van der Waals surface area contributed by atoms with E-state index in [0.717, 1.165) is 60.4 Å². The zero-order valence-electron chi connectivity index (χ0n) is 18.0. The molecule has 158 valence electrons. The number of rotatable bonds is 8. The van der Waals surface area contributed by atoms with Crippen LogP contribution in [-0.4, -0.2) is 57.4 Å². The number of hydrogen-bond acceptors (Lipinski definition) is 4. The van der Waals surface area contributed by atoms with E-state index in [-0.39, 0.29) is 0 Å². The highest BCUT2D eigenvalue weighted by molar-refractivity contribution is 6.05. The van der Waals surface area contributed by atoms with Crippen molar-refractivity contribution < 1.29 is 23.5 Å². The van der Waals surface area contributed by atoms with Gasteiger partial charge < -0.3 is 18.9 Å². The Morgan fingerprint density at radius 3 is 2.00 bits per heavy atom. The van der Waals surface area contributed by atoms with Gasteiger partial charge in [0.15, 0.2) is 13.1 Å². The van der Waals surface area contributed by atoms with Gasteiger partial charge in [0.25, 0.3) is 0 Å². The first-order valence-electron chi connectivity index (χ1n) is 10.2. The maximum Gasteiger partial charge on any atom is 0.207 e. The molecule has 1 heterocycles. The third-order valence-corrected chi connectivity index (χ3v) is 4.91. The minimum Gasteiger partial charge on any atom is -0.497 e. The van der Waals surface area contributed by atoms with Gasteiger partial charge in [0.2, 0.25) is 5.71 Å². The van der Waals surface area contributed by atoms with Gasteiger partial charge in [-0.3, -0.25) is 0 Å². The predicted molar refractivity (Wildman–Crippen MR) is 120 cm³/mol. The van der Waals surface area contributed by atoms with E-state index in [0.29, 0.717) is 6.61 Å². The minimum absolute atomic E-state index is 0.601. The topological polar surface area (TPSA) is 39.9 Å². The maximum atomic E-state index is 5.87. The summed E-state index contributed by atoms with van der Waals surface area (Å²) >= 11 is 0. The molecule has 0 atom stereocenters. The van der Waals surface area contributed by atoms with Crippen molar-refractivity contribution >= 4 is 11.5 Å². The van der Waals surface area contributed by atoms with Crippen LogP contribution >= 0.6 is 0 Å². The van der Waals surface area contributed by atoms with Gasteiger partial charge in [-0.1, -0.05) is 6.08 Å². The summed E-state index contributed by atoms with van der Waals surface area (Å²) in [5.41, 5.74) is 3.31. The predicted octanol–water partition coefficient (Wildman–Crippen LogP) is 4.17. The molecular formula is C25H30NO4+. The zero-order chi connectivity index (χ0) is 21.2. The van der Waals surface area contributed by atoms with Crippen LogP contribution in [0.25, 0.3) is 5.76 Å². The molecule has 0 aliphatic carbocycles. The number of benzene rings is 2. The van der Waals surface area contributed by atoms with E-state index >= 15 is 0 Å². The summed E-state index contributed by atoms with van der Waals surface area (Å²) in [5, 5.41) is 0. The smallest absolute Gasteiger partial charge is 0.207 e. The van der Waals surface area contributed by atoms with Crippen LogP contribution in [0.4, 0.5) is 0 Å². The molecule has 5 heteroatoms. The van der Waals surface area contributed by atoms with Crippen LogP contribution in [0.1, 0.15) is 18.1 Å². The molecule has 5 nitrogen and oxygen atoms in total. The fourth-order valence-electron chi connectivity index (χ4n) is 3.32. The van der Waals surface area contributed by atoms with E-state index in [9.17, 15) is 0 Å². The number of morpholine rings is 1. The van der Waals surface area contributed by atoms with Crippen LogP contribution in [0, 0.1) is 0 Å². The summed E-state index contributed by atoms with van der Waals surface area (Å²) in [6.45, 7) is 5.80. The molecule has 0 unspecified atom stereocenters. The van der Waals surface area contributed by atoms with Crippen molar-refractivity contribution in [1.82, 2.24) is 0 Å². The van der Waals surface area contributed by atoms with Crippen LogP contribution in [0.2, 0.25) is 0 Å². The fraction of sp³-hybridized carbons (Fsp3) is 0.320. The van der Waals surface area contributed by atoms with Crippen molar-refractivity contribution in [3.63, 3.8) is 0 Å². The summed E-state index contributed by atoms with van der Waals surface area (Å²) in [5.74, 6) is 2.50. The van der Waals surface area contributed by atoms with Gasteiger partial charge in [0.05, 0.1) is 20.8 Å². The van der Waals surface area contributed by atoms with Crippen molar-refractivity contribution in [2.45, 2.75) is 6.92 Å². The van der Waals surface area contributed by atoms with Crippen LogP contribution < -0.4 is 9.47 Å². The van der Waals surface area contributed by atoms with Crippen molar-refractivity contribution in [1.29, 1.82) is 0 Å². The Bertz CT molecular complexity index is 888. The minimum atomic E-state index is 0.601. The second-order valence-corrected chi connectivity index (χ2v) is 6.76. The number of nitrogens with zero attached hydrogens (tertiary/aromatic N) is 1. The summed E-state index contributed by atoms with van der Waals surface area (Å²) in [6.07, 6.45) is 6.19. The van der Waals surface area contributed by atoms with E-state index in [1.165, 1.54) is 0 Å². The van der Waals surface area contributed by atoms with Crippen LogP contribution in [0.5, 0.6) is 11.5 Å². The molecule has 2 aromatic carbocycles. The Kier molecular flexibility index (Phi) is 8.10. The van der Waals surface area contributed by atoms with Gasteiger partial charge in [-0.15, -0.1) is 0 Å². The molecule has 3 rings (SSSR count). The summed E-state index contributed by atoms with van der Waals surface area (Å²) in [4.78, 5) is 0. The molecule has 0 aromatic heterocycles. The third-order valence-electron chi connectivity index (χ3n) is 4.91. The lowest BCUT2D eigenvalue weighted by Crippen LogP contribution is -2.33. The van der Waals surface area contributed by atoms with E-state index in [4.69, 9.17) is 18.9 Å². The van der Waals surface area contributed by atoms with Crippen molar-refractivity contribution in [3.8, 4) is 11.5 Å². The SMILES string of the molecule is CCO/C(=C\C=C\C(c1ccc(OC)cc1)=[N+]1CCOCC1)c1ccc(OC)cc1. The third kappa shape index (κ3) is 5.74. The van der Waals surface area contributed by atoms with E-state index < -0.39 is 0 Å². The number of ether oxygens (including phenoxy) is 4. The monoisotopic (exact) mass is 408 g/mol. The second kappa shape index (κ2) is 11.2. The van der Waals surface area contributed by atoms with Gasteiger partial charge >= 0.3 is 0 Å². The van der Waals surface area contributed by atoms with Gasteiger partial charge in [0, 0.05) is 17.2 Å². The van der Waals surface area contributed by atoms with E-state index in [1.807, 2.05) is 55.5 Å². The number of allylic oxidation sites excluding steroid dienone is 3. The molecule has 0 radical (unpaired) electrons. The first-order chi connectivity index (χ1) is 14.7. The highest BCUT2D eigenvalue weighted by atomic mass is 16.5. The molecule has 2 aromatic rings. The standard InChI is InChI=1S/C25H30NO4/c1-4-30-25(21-10-14-23(28-3)15-11-21)7-5-6-24(26-16-18-29-19-17-26)20-8-12-22(27-2)13-9-20/h5-15H,4,16-19H2,1-3H3/q+1/b6-5+,25-7-.